The number of nitrogens with one attached hydrogen (secondary N) is 1. The molecule has 3 rings (SSSR count). The van der Waals surface area contributed by atoms with Gasteiger partial charge in [0, 0.05) is 23.4 Å². The molecule has 6 heteroatoms. The zero-order valence-corrected chi connectivity index (χ0v) is 12.5. The fourth-order valence-corrected chi connectivity index (χ4v) is 2.26. The maximum atomic E-state index is 5.85. The summed E-state index contributed by atoms with van der Waals surface area (Å²) in [5, 5.41) is 3.18. The molecule has 0 saturated heterocycles. The Bertz CT molecular complexity index is 741. The molecule has 1 N–H and O–H groups in total. The van der Waals surface area contributed by atoms with E-state index in [2.05, 4.69) is 31.2 Å². The Labute approximate surface area is 124 Å². The molecular weight excluding hydrogens is 320 g/mol. The van der Waals surface area contributed by atoms with Crippen molar-refractivity contribution in [3.05, 3.63) is 47.3 Å². The first kappa shape index (κ1) is 12.9. The van der Waals surface area contributed by atoms with Gasteiger partial charge in [-0.2, -0.15) is 4.98 Å². The molecule has 0 fully saturated rings. The predicted molar refractivity (Wildman–Crippen MR) is 81.4 cm³/mol. The van der Waals surface area contributed by atoms with Crippen LogP contribution in [0.25, 0.3) is 5.65 Å². The second-order valence-corrected chi connectivity index (χ2v) is 5.09. The number of imidazole rings is 1. The molecule has 0 saturated carbocycles. The Hall–Kier alpha value is -2.08. The molecule has 0 spiro atoms. The maximum Gasteiger partial charge on any atom is 0.265 e. The number of halogens is 1. The Balaban J connectivity index is 2.02. The normalized spacial score (nSPS) is 10.7. The summed E-state index contributed by atoms with van der Waals surface area (Å²) in [6, 6.07) is 7.63. The molecule has 102 valence electrons. The van der Waals surface area contributed by atoms with Crippen molar-refractivity contribution in [2.75, 3.05) is 11.9 Å². The molecule has 2 aromatic heterocycles. The van der Waals surface area contributed by atoms with Gasteiger partial charge in [0.25, 0.3) is 5.88 Å². The molecule has 0 amide bonds. The van der Waals surface area contributed by atoms with Gasteiger partial charge in [0.2, 0.25) is 5.65 Å². The lowest BCUT2D eigenvalue weighted by Gasteiger charge is -2.09. The molecule has 0 unspecified atom stereocenters. The van der Waals surface area contributed by atoms with Gasteiger partial charge in [0.15, 0.2) is 0 Å². The third kappa shape index (κ3) is 2.60. The van der Waals surface area contributed by atoms with Gasteiger partial charge in [-0.1, -0.05) is 22.0 Å². The molecule has 0 aliphatic heterocycles. The van der Waals surface area contributed by atoms with Crippen LogP contribution >= 0.6 is 15.9 Å². The minimum absolute atomic E-state index is 0.478. The van der Waals surface area contributed by atoms with Gasteiger partial charge in [0.1, 0.15) is 11.6 Å². The third-order valence-electron chi connectivity index (χ3n) is 2.71. The largest absolute Gasteiger partial charge is 0.436 e. The number of benzene rings is 1. The molecule has 2 heterocycles. The summed E-state index contributed by atoms with van der Waals surface area (Å²) in [6.07, 6.45) is 5.48. The van der Waals surface area contributed by atoms with Crippen LogP contribution in [0.4, 0.5) is 5.82 Å². The average molecular weight is 333 g/mol. The van der Waals surface area contributed by atoms with Crippen LogP contribution in [0.2, 0.25) is 0 Å². The van der Waals surface area contributed by atoms with Crippen LogP contribution in [0.1, 0.15) is 6.92 Å². The second-order valence-electron chi connectivity index (χ2n) is 4.18. The molecule has 3 aromatic rings. The highest BCUT2D eigenvalue weighted by molar-refractivity contribution is 9.10. The number of hydrogen-bond acceptors (Lipinski definition) is 4. The number of ether oxygens (including phenoxy) is 1. The van der Waals surface area contributed by atoms with E-state index in [0.29, 0.717) is 17.3 Å². The summed E-state index contributed by atoms with van der Waals surface area (Å²) < 4.78 is 8.70. The fraction of sp³-hybridized carbons (Fsp3) is 0.143. The first-order valence-corrected chi connectivity index (χ1v) is 7.06. The number of hydrogen-bond donors (Lipinski definition) is 1. The molecule has 0 aliphatic rings. The highest BCUT2D eigenvalue weighted by Crippen LogP contribution is 2.26. The van der Waals surface area contributed by atoms with Crippen molar-refractivity contribution >= 4 is 27.4 Å². The van der Waals surface area contributed by atoms with Crippen molar-refractivity contribution in [2.45, 2.75) is 6.92 Å². The molecule has 0 bridgehead atoms. The Morgan fingerprint density at radius 1 is 1.40 bits per heavy atom. The maximum absolute atomic E-state index is 5.85. The van der Waals surface area contributed by atoms with Crippen molar-refractivity contribution < 1.29 is 4.74 Å². The van der Waals surface area contributed by atoms with Gasteiger partial charge in [-0.25, -0.2) is 4.98 Å². The van der Waals surface area contributed by atoms with Gasteiger partial charge in [-0.05, 0) is 25.1 Å². The predicted octanol–water partition coefficient (Wildman–Crippen LogP) is 3.72. The van der Waals surface area contributed by atoms with E-state index >= 15 is 0 Å². The quantitative estimate of drug-likeness (QED) is 0.791. The minimum atomic E-state index is 0.478. The zero-order valence-electron chi connectivity index (χ0n) is 10.9. The molecule has 1 aromatic carbocycles. The topological polar surface area (TPSA) is 51.5 Å². The summed E-state index contributed by atoms with van der Waals surface area (Å²) in [5.41, 5.74) is 0.687. The van der Waals surface area contributed by atoms with Crippen LogP contribution in [0.15, 0.2) is 47.3 Å². The third-order valence-corrected chi connectivity index (χ3v) is 3.21. The van der Waals surface area contributed by atoms with E-state index in [-0.39, 0.29) is 0 Å². The molecule has 5 nitrogen and oxygen atoms in total. The standard InChI is InChI=1S/C14H13BrN4O/c1-2-16-12-9-19-7-6-17-13(19)14(18-12)20-11-5-3-4-10(15)8-11/h3-9,16H,2H2,1H3. The lowest BCUT2D eigenvalue weighted by molar-refractivity contribution is 0.465. The van der Waals surface area contributed by atoms with E-state index in [4.69, 9.17) is 4.74 Å². The van der Waals surface area contributed by atoms with Crippen molar-refractivity contribution in [1.29, 1.82) is 0 Å². The average Bonchev–Trinajstić information content (AvgIpc) is 2.87. The Morgan fingerprint density at radius 2 is 2.30 bits per heavy atom. The number of nitrogens with zero attached hydrogens (tertiary/aromatic N) is 3. The Morgan fingerprint density at radius 3 is 3.10 bits per heavy atom. The van der Waals surface area contributed by atoms with E-state index in [1.165, 1.54) is 0 Å². The van der Waals surface area contributed by atoms with E-state index in [0.717, 1.165) is 16.8 Å². The summed E-state index contributed by atoms with van der Waals surface area (Å²) in [5.74, 6) is 1.94. The van der Waals surface area contributed by atoms with Crippen molar-refractivity contribution in [3.8, 4) is 11.6 Å². The lowest BCUT2D eigenvalue weighted by Crippen LogP contribution is -2.03. The van der Waals surface area contributed by atoms with Crippen LogP contribution < -0.4 is 10.1 Å². The molecule has 0 atom stereocenters. The molecule has 20 heavy (non-hydrogen) atoms. The molecule has 0 aliphatic carbocycles. The molecular formula is C14H13BrN4O. The smallest absolute Gasteiger partial charge is 0.265 e. The number of anilines is 1. The van der Waals surface area contributed by atoms with Crippen molar-refractivity contribution in [3.63, 3.8) is 0 Å². The van der Waals surface area contributed by atoms with Gasteiger partial charge in [-0.3, -0.25) is 4.40 Å². The number of fused-ring (bicyclic) bond motifs is 1. The van der Waals surface area contributed by atoms with Gasteiger partial charge >= 0.3 is 0 Å². The molecule has 0 radical (unpaired) electrons. The Kier molecular flexibility index (Phi) is 3.56. The number of rotatable bonds is 4. The summed E-state index contributed by atoms with van der Waals surface area (Å²) in [4.78, 5) is 8.73. The van der Waals surface area contributed by atoms with Crippen molar-refractivity contribution in [1.82, 2.24) is 14.4 Å². The second kappa shape index (κ2) is 5.50. The van der Waals surface area contributed by atoms with Gasteiger partial charge < -0.3 is 10.1 Å². The van der Waals surface area contributed by atoms with E-state index in [1.807, 2.05) is 48.0 Å². The summed E-state index contributed by atoms with van der Waals surface area (Å²) in [7, 11) is 0. The first-order valence-electron chi connectivity index (χ1n) is 6.27. The fourth-order valence-electron chi connectivity index (χ4n) is 1.88. The van der Waals surface area contributed by atoms with Crippen LogP contribution in [-0.2, 0) is 0 Å². The first-order chi connectivity index (χ1) is 9.76. The lowest BCUT2D eigenvalue weighted by atomic mass is 10.3. The van der Waals surface area contributed by atoms with E-state index in [9.17, 15) is 0 Å². The van der Waals surface area contributed by atoms with Gasteiger partial charge in [-0.15, -0.1) is 0 Å². The minimum Gasteiger partial charge on any atom is -0.436 e. The van der Waals surface area contributed by atoms with Gasteiger partial charge in [0.05, 0.1) is 6.20 Å². The van der Waals surface area contributed by atoms with Crippen LogP contribution in [0.5, 0.6) is 11.6 Å². The highest BCUT2D eigenvalue weighted by atomic mass is 79.9. The highest BCUT2D eigenvalue weighted by Gasteiger charge is 2.09. The summed E-state index contributed by atoms with van der Waals surface area (Å²) in [6.45, 7) is 2.82. The van der Waals surface area contributed by atoms with E-state index < -0.39 is 0 Å². The van der Waals surface area contributed by atoms with Crippen LogP contribution in [-0.4, -0.2) is 20.9 Å². The van der Waals surface area contributed by atoms with Crippen LogP contribution in [0, 0.1) is 0 Å². The van der Waals surface area contributed by atoms with E-state index in [1.54, 1.807) is 6.20 Å². The summed E-state index contributed by atoms with van der Waals surface area (Å²) >= 11 is 3.42. The van der Waals surface area contributed by atoms with Crippen molar-refractivity contribution in [2.24, 2.45) is 0 Å². The monoisotopic (exact) mass is 332 g/mol. The van der Waals surface area contributed by atoms with Crippen LogP contribution in [0.3, 0.4) is 0 Å². The number of aromatic nitrogens is 3. The SMILES string of the molecule is CCNc1cn2ccnc2c(Oc2cccc(Br)c2)n1. The zero-order chi connectivity index (χ0) is 13.9.